The highest BCUT2D eigenvalue weighted by Crippen LogP contribution is 2.35. The topological polar surface area (TPSA) is 21.3 Å². The molecule has 0 unspecified atom stereocenters. The molecule has 1 aliphatic carbocycles. The highest BCUT2D eigenvalue weighted by atomic mass is 16.5. The van der Waals surface area contributed by atoms with Gasteiger partial charge in [-0.15, -0.1) is 0 Å². The van der Waals surface area contributed by atoms with Gasteiger partial charge < -0.3 is 10.1 Å². The first-order valence-electron chi connectivity index (χ1n) is 7.52. The highest BCUT2D eigenvalue weighted by Gasteiger charge is 2.30. The molecule has 3 rings (SSSR count). The van der Waals surface area contributed by atoms with Crippen molar-refractivity contribution < 1.29 is 4.74 Å². The van der Waals surface area contributed by atoms with Crippen LogP contribution in [-0.2, 0) is 13.0 Å². The van der Waals surface area contributed by atoms with Crippen LogP contribution in [-0.4, -0.2) is 11.1 Å². The molecule has 1 aliphatic heterocycles. The molecule has 19 heavy (non-hydrogen) atoms. The fraction of sp³-hybridized carbons (Fsp3) is 0.647. The molecular weight excluding hydrogens is 234 g/mol. The Balaban J connectivity index is 1.67. The monoisotopic (exact) mass is 259 g/mol. The van der Waals surface area contributed by atoms with Crippen LogP contribution in [0.5, 0.6) is 5.75 Å². The smallest absolute Gasteiger partial charge is 0.123 e. The molecule has 0 amide bonds. The SMILES string of the molecule is CC1(NCc2ccc3c(c2)CC(C)(C)O3)CCCC1. The molecule has 0 aromatic heterocycles. The van der Waals surface area contributed by atoms with E-state index in [2.05, 4.69) is 44.3 Å². The lowest BCUT2D eigenvalue weighted by Gasteiger charge is -2.25. The van der Waals surface area contributed by atoms with Crippen molar-refractivity contribution in [2.24, 2.45) is 0 Å². The third-order valence-corrected chi connectivity index (χ3v) is 4.55. The van der Waals surface area contributed by atoms with Gasteiger partial charge in [-0.2, -0.15) is 0 Å². The van der Waals surface area contributed by atoms with Gasteiger partial charge in [-0.05, 0) is 50.8 Å². The van der Waals surface area contributed by atoms with E-state index in [0.717, 1.165) is 18.7 Å². The number of hydrogen-bond donors (Lipinski definition) is 1. The first-order chi connectivity index (χ1) is 8.96. The minimum Gasteiger partial charge on any atom is -0.487 e. The van der Waals surface area contributed by atoms with Crippen molar-refractivity contribution in [2.75, 3.05) is 0 Å². The first kappa shape index (κ1) is 13.0. The van der Waals surface area contributed by atoms with Crippen LogP contribution in [0.3, 0.4) is 0 Å². The molecule has 1 N–H and O–H groups in total. The van der Waals surface area contributed by atoms with Crippen molar-refractivity contribution in [1.29, 1.82) is 0 Å². The zero-order chi connectivity index (χ0) is 13.5. The van der Waals surface area contributed by atoms with E-state index >= 15 is 0 Å². The Bertz CT molecular complexity index is 472. The van der Waals surface area contributed by atoms with Crippen molar-refractivity contribution in [3.8, 4) is 5.75 Å². The summed E-state index contributed by atoms with van der Waals surface area (Å²) < 4.78 is 5.93. The van der Waals surface area contributed by atoms with Gasteiger partial charge in [0.25, 0.3) is 0 Å². The summed E-state index contributed by atoms with van der Waals surface area (Å²) in [5.41, 5.74) is 3.06. The minimum atomic E-state index is -0.0359. The normalized spacial score (nSPS) is 23.1. The van der Waals surface area contributed by atoms with E-state index in [-0.39, 0.29) is 5.60 Å². The largest absolute Gasteiger partial charge is 0.487 e. The maximum Gasteiger partial charge on any atom is 0.123 e. The Morgan fingerprint density at radius 1 is 1.16 bits per heavy atom. The van der Waals surface area contributed by atoms with Gasteiger partial charge in [0.1, 0.15) is 11.4 Å². The van der Waals surface area contributed by atoms with E-state index in [1.807, 2.05) is 0 Å². The van der Waals surface area contributed by atoms with E-state index in [1.54, 1.807) is 0 Å². The standard InChI is InChI=1S/C17H25NO/c1-16(2)11-14-10-13(6-7-15(14)19-16)12-18-17(3)8-4-5-9-17/h6-7,10,18H,4-5,8-9,11-12H2,1-3H3. The van der Waals surface area contributed by atoms with Crippen molar-refractivity contribution in [3.05, 3.63) is 29.3 Å². The number of rotatable bonds is 3. The van der Waals surface area contributed by atoms with Crippen LogP contribution >= 0.6 is 0 Å². The Hall–Kier alpha value is -1.02. The number of ether oxygens (including phenoxy) is 1. The second-order valence-corrected chi connectivity index (χ2v) is 7.10. The molecule has 1 aromatic rings. The summed E-state index contributed by atoms with van der Waals surface area (Å²) in [5, 5.41) is 3.75. The number of hydrogen-bond acceptors (Lipinski definition) is 2. The summed E-state index contributed by atoms with van der Waals surface area (Å²) >= 11 is 0. The van der Waals surface area contributed by atoms with Crippen molar-refractivity contribution in [3.63, 3.8) is 0 Å². The van der Waals surface area contributed by atoms with Gasteiger partial charge >= 0.3 is 0 Å². The average Bonchev–Trinajstić information content (AvgIpc) is 2.88. The third-order valence-electron chi connectivity index (χ3n) is 4.55. The molecule has 2 aliphatic rings. The number of fused-ring (bicyclic) bond motifs is 1. The van der Waals surface area contributed by atoms with E-state index in [9.17, 15) is 0 Å². The molecule has 2 heteroatoms. The van der Waals surface area contributed by atoms with Gasteiger partial charge in [0.15, 0.2) is 0 Å². The Kier molecular flexibility index (Phi) is 3.09. The van der Waals surface area contributed by atoms with Crippen molar-refractivity contribution in [1.82, 2.24) is 5.32 Å². The molecule has 1 heterocycles. The maximum absolute atomic E-state index is 5.93. The van der Waals surface area contributed by atoms with Crippen LogP contribution in [0.25, 0.3) is 0 Å². The number of benzene rings is 1. The summed E-state index contributed by atoms with van der Waals surface area (Å²) in [6.45, 7) is 7.65. The van der Waals surface area contributed by atoms with Crippen LogP contribution in [0.1, 0.15) is 57.6 Å². The van der Waals surface area contributed by atoms with E-state index < -0.39 is 0 Å². The van der Waals surface area contributed by atoms with Crippen LogP contribution in [0.15, 0.2) is 18.2 Å². The zero-order valence-corrected chi connectivity index (χ0v) is 12.4. The van der Waals surface area contributed by atoms with Gasteiger partial charge in [-0.1, -0.05) is 25.0 Å². The Morgan fingerprint density at radius 2 is 1.89 bits per heavy atom. The van der Waals surface area contributed by atoms with Crippen LogP contribution < -0.4 is 10.1 Å². The summed E-state index contributed by atoms with van der Waals surface area (Å²) in [4.78, 5) is 0. The summed E-state index contributed by atoms with van der Waals surface area (Å²) in [5.74, 6) is 1.07. The summed E-state index contributed by atoms with van der Waals surface area (Å²) in [6, 6.07) is 6.65. The van der Waals surface area contributed by atoms with Crippen LogP contribution in [0.4, 0.5) is 0 Å². The molecule has 1 fully saturated rings. The highest BCUT2D eigenvalue weighted by molar-refractivity contribution is 5.41. The third kappa shape index (κ3) is 2.79. The van der Waals surface area contributed by atoms with Crippen molar-refractivity contribution in [2.45, 2.75) is 70.6 Å². The van der Waals surface area contributed by atoms with E-state index in [0.29, 0.717) is 5.54 Å². The van der Waals surface area contributed by atoms with Crippen LogP contribution in [0.2, 0.25) is 0 Å². The van der Waals surface area contributed by atoms with Gasteiger partial charge in [0, 0.05) is 18.5 Å². The van der Waals surface area contributed by atoms with Gasteiger partial charge in [-0.25, -0.2) is 0 Å². The van der Waals surface area contributed by atoms with Gasteiger partial charge in [-0.3, -0.25) is 0 Å². The van der Waals surface area contributed by atoms with Gasteiger partial charge in [0.2, 0.25) is 0 Å². The number of nitrogens with one attached hydrogen (secondary N) is 1. The second-order valence-electron chi connectivity index (χ2n) is 7.10. The average molecular weight is 259 g/mol. The summed E-state index contributed by atoms with van der Waals surface area (Å²) in [6.07, 6.45) is 6.39. The summed E-state index contributed by atoms with van der Waals surface area (Å²) in [7, 11) is 0. The van der Waals surface area contributed by atoms with E-state index in [4.69, 9.17) is 4.74 Å². The quantitative estimate of drug-likeness (QED) is 0.891. The Labute approximate surface area is 116 Å². The molecule has 1 saturated carbocycles. The fourth-order valence-corrected chi connectivity index (χ4v) is 3.42. The molecule has 104 valence electrons. The predicted molar refractivity (Wildman–Crippen MR) is 78.6 cm³/mol. The lowest BCUT2D eigenvalue weighted by Crippen LogP contribution is -2.38. The van der Waals surface area contributed by atoms with Gasteiger partial charge in [0.05, 0.1) is 0 Å². The van der Waals surface area contributed by atoms with Crippen LogP contribution in [0, 0.1) is 0 Å². The molecule has 1 aromatic carbocycles. The lowest BCUT2D eigenvalue weighted by atomic mass is 9.98. The first-order valence-corrected chi connectivity index (χ1v) is 7.52. The predicted octanol–water partition coefficient (Wildman–Crippen LogP) is 3.82. The fourth-order valence-electron chi connectivity index (χ4n) is 3.42. The molecule has 0 radical (unpaired) electrons. The zero-order valence-electron chi connectivity index (χ0n) is 12.4. The minimum absolute atomic E-state index is 0.0359. The molecule has 0 saturated heterocycles. The molecule has 2 nitrogen and oxygen atoms in total. The Morgan fingerprint density at radius 3 is 2.63 bits per heavy atom. The maximum atomic E-state index is 5.93. The lowest BCUT2D eigenvalue weighted by molar-refractivity contribution is 0.138. The van der Waals surface area contributed by atoms with Crippen molar-refractivity contribution >= 4 is 0 Å². The second kappa shape index (κ2) is 4.52. The van der Waals surface area contributed by atoms with E-state index in [1.165, 1.54) is 36.8 Å². The molecule has 0 atom stereocenters. The molecule has 0 bridgehead atoms. The molecule has 0 spiro atoms. The molecular formula is C17H25NO.